The number of benzene rings is 2. The van der Waals surface area contributed by atoms with Gasteiger partial charge < -0.3 is 18.9 Å². The molecule has 1 aliphatic heterocycles. The van der Waals surface area contributed by atoms with Crippen LogP contribution in [0.15, 0.2) is 72.8 Å². The van der Waals surface area contributed by atoms with E-state index in [1.54, 1.807) is 26.0 Å². The molecule has 1 fully saturated rings. The Kier molecular flexibility index (Phi) is 7.89. The highest BCUT2D eigenvalue weighted by atomic mass is 16.7. The van der Waals surface area contributed by atoms with Crippen LogP contribution in [-0.4, -0.2) is 37.9 Å². The molecule has 178 valence electrons. The maximum Gasteiger partial charge on any atom is 0.508 e. The summed E-state index contributed by atoms with van der Waals surface area (Å²) in [5.41, 5.74) is 3.11. The van der Waals surface area contributed by atoms with E-state index in [0.29, 0.717) is 29.7 Å². The molecule has 0 atom stereocenters. The Morgan fingerprint density at radius 1 is 0.882 bits per heavy atom. The van der Waals surface area contributed by atoms with Crippen LogP contribution in [0.2, 0.25) is 0 Å². The SMILES string of the molecule is C=C(C)C(=O)OCC1(CCc2ccc(-c3ccc(OC(=O)C(=C)C)cc3)cc2)COC(=O)OC1. The molecule has 0 unspecified atom stereocenters. The monoisotopic (exact) mass is 464 g/mol. The van der Waals surface area contributed by atoms with Gasteiger partial charge in [-0.05, 0) is 55.5 Å². The molecule has 0 bridgehead atoms. The Labute approximate surface area is 199 Å². The van der Waals surface area contributed by atoms with Crippen LogP contribution in [-0.2, 0) is 30.2 Å². The second kappa shape index (κ2) is 10.8. The molecule has 7 nitrogen and oxygen atoms in total. The summed E-state index contributed by atoms with van der Waals surface area (Å²) < 4.78 is 20.7. The molecule has 7 heteroatoms. The number of carbonyl (C=O) groups is 3. The predicted octanol–water partition coefficient (Wildman–Crippen LogP) is 5.04. The van der Waals surface area contributed by atoms with Crippen molar-refractivity contribution < 1.29 is 33.3 Å². The molecule has 34 heavy (non-hydrogen) atoms. The van der Waals surface area contributed by atoms with Gasteiger partial charge in [-0.15, -0.1) is 0 Å². The van der Waals surface area contributed by atoms with Gasteiger partial charge in [0.25, 0.3) is 0 Å². The Bertz CT molecular complexity index is 1070. The molecule has 0 aromatic heterocycles. The van der Waals surface area contributed by atoms with E-state index in [9.17, 15) is 14.4 Å². The number of esters is 2. The Morgan fingerprint density at radius 3 is 1.94 bits per heavy atom. The van der Waals surface area contributed by atoms with Gasteiger partial charge in [-0.25, -0.2) is 14.4 Å². The number of rotatable bonds is 9. The number of hydrogen-bond donors (Lipinski definition) is 0. The standard InChI is InChI=1S/C27H28O7/c1-18(2)24(28)31-15-27(16-32-26(30)33-17-27)14-13-20-5-7-21(8-6-20)22-9-11-23(12-10-22)34-25(29)19(3)4/h5-12H,1,3,13-17H2,2,4H3. The largest absolute Gasteiger partial charge is 0.508 e. The van der Waals surface area contributed by atoms with Crippen molar-refractivity contribution >= 4 is 18.1 Å². The third-order valence-electron chi connectivity index (χ3n) is 5.49. The van der Waals surface area contributed by atoms with E-state index < -0.39 is 23.5 Å². The van der Waals surface area contributed by atoms with E-state index in [0.717, 1.165) is 16.7 Å². The van der Waals surface area contributed by atoms with E-state index in [2.05, 4.69) is 13.2 Å². The molecule has 0 saturated carbocycles. The van der Waals surface area contributed by atoms with E-state index >= 15 is 0 Å². The zero-order chi connectivity index (χ0) is 24.7. The van der Waals surface area contributed by atoms with Crippen LogP contribution in [0.4, 0.5) is 4.79 Å². The first kappa shape index (κ1) is 24.8. The molecule has 0 radical (unpaired) electrons. The predicted molar refractivity (Wildman–Crippen MR) is 126 cm³/mol. The van der Waals surface area contributed by atoms with Crippen LogP contribution in [0.5, 0.6) is 5.75 Å². The summed E-state index contributed by atoms with van der Waals surface area (Å²) in [6, 6.07) is 15.3. The number of cyclic esters (lactones) is 2. The molecule has 0 amide bonds. The minimum Gasteiger partial charge on any atom is -0.461 e. The van der Waals surface area contributed by atoms with E-state index in [-0.39, 0.29) is 19.8 Å². The Morgan fingerprint density at radius 2 is 1.41 bits per heavy atom. The first-order valence-electron chi connectivity index (χ1n) is 10.9. The van der Waals surface area contributed by atoms with Gasteiger partial charge in [0, 0.05) is 11.1 Å². The van der Waals surface area contributed by atoms with Crippen molar-refractivity contribution in [2.75, 3.05) is 19.8 Å². The van der Waals surface area contributed by atoms with Gasteiger partial charge in [0.2, 0.25) is 0 Å². The smallest absolute Gasteiger partial charge is 0.461 e. The van der Waals surface area contributed by atoms with Gasteiger partial charge in [0.05, 0.1) is 5.41 Å². The van der Waals surface area contributed by atoms with Crippen LogP contribution in [0.3, 0.4) is 0 Å². The number of carbonyl (C=O) groups excluding carboxylic acids is 3. The molecule has 1 saturated heterocycles. The first-order chi connectivity index (χ1) is 16.2. The summed E-state index contributed by atoms with van der Waals surface area (Å²) in [6.45, 7) is 10.7. The summed E-state index contributed by atoms with van der Waals surface area (Å²) in [7, 11) is 0. The summed E-state index contributed by atoms with van der Waals surface area (Å²) >= 11 is 0. The molecule has 2 aromatic carbocycles. The Hall–Kier alpha value is -3.87. The van der Waals surface area contributed by atoms with Gasteiger partial charge in [0.1, 0.15) is 25.6 Å². The van der Waals surface area contributed by atoms with Crippen LogP contribution in [0, 0.1) is 5.41 Å². The number of hydrogen-bond acceptors (Lipinski definition) is 7. The lowest BCUT2D eigenvalue weighted by molar-refractivity contribution is -0.149. The fourth-order valence-electron chi connectivity index (χ4n) is 3.33. The average molecular weight is 465 g/mol. The quantitative estimate of drug-likeness (QED) is 0.292. The van der Waals surface area contributed by atoms with Crippen LogP contribution in [0.1, 0.15) is 25.8 Å². The lowest BCUT2D eigenvalue weighted by Crippen LogP contribution is -2.43. The fraction of sp³-hybridized carbons (Fsp3) is 0.296. The number of aryl methyl sites for hydroxylation is 1. The van der Waals surface area contributed by atoms with Crippen molar-refractivity contribution in [2.45, 2.75) is 26.7 Å². The lowest BCUT2D eigenvalue weighted by Gasteiger charge is -2.35. The van der Waals surface area contributed by atoms with Gasteiger partial charge in [-0.1, -0.05) is 49.6 Å². The topological polar surface area (TPSA) is 88.1 Å². The highest BCUT2D eigenvalue weighted by Crippen LogP contribution is 2.31. The van der Waals surface area contributed by atoms with Crippen LogP contribution in [0.25, 0.3) is 11.1 Å². The molecule has 1 aliphatic rings. The third kappa shape index (κ3) is 6.57. The van der Waals surface area contributed by atoms with Crippen LogP contribution < -0.4 is 4.74 Å². The van der Waals surface area contributed by atoms with Crippen LogP contribution >= 0.6 is 0 Å². The molecule has 0 spiro atoms. The zero-order valence-electron chi connectivity index (χ0n) is 19.4. The van der Waals surface area contributed by atoms with E-state index in [1.807, 2.05) is 36.4 Å². The minimum absolute atomic E-state index is 0.0758. The van der Waals surface area contributed by atoms with Crippen molar-refractivity contribution in [1.29, 1.82) is 0 Å². The van der Waals surface area contributed by atoms with Gasteiger partial charge in [-0.2, -0.15) is 0 Å². The van der Waals surface area contributed by atoms with E-state index in [4.69, 9.17) is 18.9 Å². The summed E-state index contributed by atoms with van der Waals surface area (Å²) in [6.07, 6.45) is 0.569. The molecular formula is C27H28O7. The van der Waals surface area contributed by atoms with Gasteiger partial charge in [-0.3, -0.25) is 0 Å². The Balaban J connectivity index is 1.62. The zero-order valence-corrected chi connectivity index (χ0v) is 19.4. The van der Waals surface area contributed by atoms with Crippen molar-refractivity contribution in [1.82, 2.24) is 0 Å². The summed E-state index contributed by atoms with van der Waals surface area (Å²) in [4.78, 5) is 34.8. The maximum atomic E-state index is 11.8. The summed E-state index contributed by atoms with van der Waals surface area (Å²) in [5.74, 6) is -0.482. The molecule has 0 N–H and O–H groups in total. The highest BCUT2D eigenvalue weighted by molar-refractivity contribution is 5.89. The maximum absolute atomic E-state index is 11.8. The molecule has 3 rings (SSSR count). The second-order valence-electron chi connectivity index (χ2n) is 8.57. The van der Waals surface area contributed by atoms with Crippen molar-refractivity contribution in [3.63, 3.8) is 0 Å². The highest BCUT2D eigenvalue weighted by Gasteiger charge is 2.39. The normalized spacial score (nSPS) is 14.4. The lowest BCUT2D eigenvalue weighted by atomic mass is 9.83. The van der Waals surface area contributed by atoms with Crippen molar-refractivity contribution in [2.24, 2.45) is 5.41 Å². The van der Waals surface area contributed by atoms with Gasteiger partial charge in [0.15, 0.2) is 0 Å². The summed E-state index contributed by atoms with van der Waals surface area (Å²) in [5, 5.41) is 0. The molecular weight excluding hydrogens is 436 g/mol. The fourth-order valence-corrected chi connectivity index (χ4v) is 3.33. The first-order valence-corrected chi connectivity index (χ1v) is 10.9. The number of ether oxygens (including phenoxy) is 4. The second-order valence-corrected chi connectivity index (χ2v) is 8.57. The van der Waals surface area contributed by atoms with Gasteiger partial charge >= 0.3 is 18.1 Å². The molecule has 1 heterocycles. The third-order valence-corrected chi connectivity index (χ3v) is 5.49. The van der Waals surface area contributed by atoms with E-state index in [1.165, 1.54) is 0 Å². The van der Waals surface area contributed by atoms with Crippen molar-refractivity contribution in [3.05, 3.63) is 78.4 Å². The average Bonchev–Trinajstić information content (AvgIpc) is 2.83. The molecule has 0 aliphatic carbocycles. The van der Waals surface area contributed by atoms with Crippen molar-refractivity contribution in [3.8, 4) is 16.9 Å². The molecule has 2 aromatic rings. The minimum atomic E-state index is -0.716.